The van der Waals surface area contributed by atoms with Crippen LogP contribution >= 0.6 is 12.6 Å². The normalized spacial score (nSPS) is 33.0. The van der Waals surface area contributed by atoms with Crippen LogP contribution < -0.4 is 0 Å². The third-order valence-electron chi connectivity index (χ3n) is 1.72. The summed E-state index contributed by atoms with van der Waals surface area (Å²) in [5.41, 5.74) is 0. The third-order valence-corrected chi connectivity index (χ3v) is 2.05. The summed E-state index contributed by atoms with van der Waals surface area (Å²) >= 11 is 4.25. The lowest BCUT2D eigenvalue weighted by atomic mass is 10.3. The molecule has 1 heterocycles. The van der Waals surface area contributed by atoms with Gasteiger partial charge in [-0.05, 0) is 13.3 Å². The SMILES string of the molecule is CC(S)N1CCC(O)C1. The molecule has 0 spiro atoms. The first-order valence-electron chi connectivity index (χ1n) is 3.30. The van der Waals surface area contributed by atoms with Crippen molar-refractivity contribution in [3.05, 3.63) is 0 Å². The van der Waals surface area contributed by atoms with Gasteiger partial charge >= 0.3 is 0 Å². The quantitative estimate of drug-likeness (QED) is 0.522. The second-order valence-electron chi connectivity index (χ2n) is 2.57. The van der Waals surface area contributed by atoms with E-state index in [2.05, 4.69) is 17.5 Å². The number of β-amino-alcohol motifs (C(OH)–C–C–N with tert-alkyl or cyclic N) is 1. The molecule has 1 fully saturated rings. The van der Waals surface area contributed by atoms with Crippen LogP contribution in [0.1, 0.15) is 13.3 Å². The van der Waals surface area contributed by atoms with Crippen molar-refractivity contribution in [3.63, 3.8) is 0 Å². The fourth-order valence-corrected chi connectivity index (χ4v) is 1.32. The second kappa shape index (κ2) is 2.90. The van der Waals surface area contributed by atoms with E-state index in [0.29, 0.717) is 5.37 Å². The number of likely N-dealkylation sites (tertiary alicyclic amines) is 1. The zero-order valence-corrected chi connectivity index (χ0v) is 6.51. The van der Waals surface area contributed by atoms with Crippen LogP contribution in [0.2, 0.25) is 0 Å². The Morgan fingerprint density at radius 2 is 2.44 bits per heavy atom. The van der Waals surface area contributed by atoms with Gasteiger partial charge in [0, 0.05) is 18.5 Å². The average molecular weight is 147 g/mol. The molecule has 9 heavy (non-hydrogen) atoms. The minimum Gasteiger partial charge on any atom is -0.392 e. The largest absolute Gasteiger partial charge is 0.392 e. The Kier molecular flexibility index (Phi) is 2.38. The van der Waals surface area contributed by atoms with Gasteiger partial charge in [-0.25, -0.2) is 0 Å². The Morgan fingerprint density at radius 1 is 1.78 bits per heavy atom. The van der Waals surface area contributed by atoms with E-state index in [1.807, 2.05) is 6.92 Å². The molecule has 1 aliphatic rings. The van der Waals surface area contributed by atoms with Gasteiger partial charge in [-0.2, -0.15) is 12.6 Å². The molecular formula is C6H13NOS. The molecule has 1 rings (SSSR count). The van der Waals surface area contributed by atoms with Crippen molar-refractivity contribution < 1.29 is 5.11 Å². The van der Waals surface area contributed by atoms with Gasteiger partial charge in [0.15, 0.2) is 0 Å². The summed E-state index contributed by atoms with van der Waals surface area (Å²) in [5.74, 6) is 0. The molecule has 0 saturated carbocycles. The molecule has 1 aliphatic heterocycles. The van der Waals surface area contributed by atoms with Crippen molar-refractivity contribution in [2.75, 3.05) is 13.1 Å². The lowest BCUT2D eigenvalue weighted by Gasteiger charge is -2.17. The summed E-state index contributed by atoms with van der Waals surface area (Å²) in [6, 6.07) is 0. The van der Waals surface area contributed by atoms with Gasteiger partial charge < -0.3 is 5.11 Å². The molecule has 0 radical (unpaired) electrons. The Hall–Kier alpha value is 0.270. The predicted octanol–water partition coefficient (Wildman–Crippen LogP) is 0.329. The highest BCUT2D eigenvalue weighted by Gasteiger charge is 2.21. The van der Waals surface area contributed by atoms with E-state index < -0.39 is 0 Å². The lowest BCUT2D eigenvalue weighted by Crippen LogP contribution is -2.27. The summed E-state index contributed by atoms with van der Waals surface area (Å²) in [4.78, 5) is 2.16. The smallest absolute Gasteiger partial charge is 0.0679 e. The highest BCUT2D eigenvalue weighted by molar-refractivity contribution is 7.80. The molecule has 54 valence electrons. The van der Waals surface area contributed by atoms with E-state index in [1.165, 1.54) is 0 Å². The van der Waals surface area contributed by atoms with Gasteiger partial charge in [-0.1, -0.05) is 0 Å². The van der Waals surface area contributed by atoms with E-state index in [-0.39, 0.29) is 6.10 Å². The number of rotatable bonds is 1. The van der Waals surface area contributed by atoms with Crippen LogP contribution in [0.3, 0.4) is 0 Å². The van der Waals surface area contributed by atoms with Crippen LogP contribution in [0.15, 0.2) is 0 Å². The number of hydrogen-bond donors (Lipinski definition) is 2. The maximum absolute atomic E-state index is 9.07. The van der Waals surface area contributed by atoms with Gasteiger partial charge in [-0.15, -0.1) is 0 Å². The lowest BCUT2D eigenvalue weighted by molar-refractivity contribution is 0.175. The van der Waals surface area contributed by atoms with Crippen molar-refractivity contribution in [1.82, 2.24) is 4.90 Å². The Balaban J connectivity index is 2.30. The maximum atomic E-state index is 9.07. The Labute approximate surface area is 61.3 Å². The highest BCUT2D eigenvalue weighted by atomic mass is 32.1. The molecule has 1 N–H and O–H groups in total. The van der Waals surface area contributed by atoms with Gasteiger partial charge in [0.2, 0.25) is 0 Å². The van der Waals surface area contributed by atoms with Crippen molar-refractivity contribution >= 4 is 12.6 Å². The van der Waals surface area contributed by atoms with E-state index in [1.54, 1.807) is 0 Å². The van der Waals surface area contributed by atoms with Crippen LogP contribution in [0.25, 0.3) is 0 Å². The molecule has 1 saturated heterocycles. The highest BCUT2D eigenvalue weighted by Crippen LogP contribution is 2.13. The van der Waals surface area contributed by atoms with Gasteiger partial charge in [0.05, 0.1) is 6.10 Å². The summed E-state index contributed by atoms with van der Waals surface area (Å²) in [6.07, 6.45) is 0.796. The van der Waals surface area contributed by atoms with E-state index in [0.717, 1.165) is 19.5 Å². The third kappa shape index (κ3) is 1.85. The summed E-state index contributed by atoms with van der Waals surface area (Å²) in [6.45, 7) is 3.82. The molecule has 0 aromatic rings. The van der Waals surface area contributed by atoms with E-state index in [9.17, 15) is 0 Å². The topological polar surface area (TPSA) is 23.5 Å². The van der Waals surface area contributed by atoms with Crippen molar-refractivity contribution in [1.29, 1.82) is 0 Å². The van der Waals surface area contributed by atoms with Crippen LogP contribution in [0.4, 0.5) is 0 Å². The number of nitrogens with zero attached hydrogens (tertiary/aromatic N) is 1. The predicted molar refractivity (Wildman–Crippen MR) is 40.6 cm³/mol. The summed E-state index contributed by atoms with van der Waals surface area (Å²) in [7, 11) is 0. The minimum atomic E-state index is -0.111. The van der Waals surface area contributed by atoms with Crippen molar-refractivity contribution in [3.8, 4) is 0 Å². The van der Waals surface area contributed by atoms with Gasteiger partial charge in [0.25, 0.3) is 0 Å². The Bertz CT molecular complexity index is 97.1. The first-order valence-corrected chi connectivity index (χ1v) is 3.82. The second-order valence-corrected chi connectivity index (χ2v) is 3.32. The molecule has 3 heteroatoms. The summed E-state index contributed by atoms with van der Waals surface area (Å²) < 4.78 is 0. The van der Waals surface area contributed by atoms with Crippen LogP contribution in [0, 0.1) is 0 Å². The molecule has 0 bridgehead atoms. The number of hydrogen-bond acceptors (Lipinski definition) is 3. The number of thiol groups is 1. The number of aliphatic hydroxyl groups excluding tert-OH is 1. The molecule has 0 amide bonds. The first-order chi connectivity index (χ1) is 4.20. The average Bonchev–Trinajstić information content (AvgIpc) is 2.14. The fraction of sp³-hybridized carbons (Fsp3) is 1.00. The molecule has 0 aromatic carbocycles. The minimum absolute atomic E-state index is 0.111. The van der Waals surface area contributed by atoms with Crippen LogP contribution in [-0.4, -0.2) is 34.6 Å². The zero-order valence-electron chi connectivity index (χ0n) is 5.62. The molecule has 0 aromatic heterocycles. The van der Waals surface area contributed by atoms with Crippen LogP contribution in [-0.2, 0) is 0 Å². The molecule has 2 atom stereocenters. The molecule has 2 unspecified atom stereocenters. The van der Waals surface area contributed by atoms with Crippen LogP contribution in [0.5, 0.6) is 0 Å². The van der Waals surface area contributed by atoms with Crippen molar-refractivity contribution in [2.45, 2.75) is 24.8 Å². The molecule has 0 aliphatic carbocycles. The monoisotopic (exact) mass is 147 g/mol. The maximum Gasteiger partial charge on any atom is 0.0679 e. The Morgan fingerprint density at radius 3 is 2.67 bits per heavy atom. The molecule has 2 nitrogen and oxygen atoms in total. The van der Waals surface area contributed by atoms with Gasteiger partial charge in [-0.3, -0.25) is 4.90 Å². The standard InChI is InChI=1S/C6H13NOS/c1-5(9)7-3-2-6(8)4-7/h5-6,8-9H,2-4H2,1H3. The first kappa shape index (κ1) is 7.38. The molecular weight excluding hydrogens is 134 g/mol. The van der Waals surface area contributed by atoms with Crippen molar-refractivity contribution in [2.24, 2.45) is 0 Å². The van der Waals surface area contributed by atoms with E-state index in [4.69, 9.17) is 5.11 Å². The fourth-order valence-electron chi connectivity index (χ4n) is 1.11. The number of aliphatic hydroxyl groups is 1. The summed E-state index contributed by atoms with van der Waals surface area (Å²) in [5, 5.41) is 9.37. The zero-order chi connectivity index (χ0) is 6.85. The van der Waals surface area contributed by atoms with E-state index >= 15 is 0 Å². The van der Waals surface area contributed by atoms with Gasteiger partial charge in [0.1, 0.15) is 0 Å².